The van der Waals surface area contributed by atoms with Crippen LogP contribution in [0.15, 0.2) is 60.7 Å². The van der Waals surface area contributed by atoms with Crippen LogP contribution < -0.4 is 18.6 Å². The topological polar surface area (TPSA) is 173 Å². The van der Waals surface area contributed by atoms with Gasteiger partial charge in [-0.05, 0) is 36.8 Å². The monoisotopic (exact) mass is 2090 g/mol. The number of benzene rings is 2. The van der Waals surface area contributed by atoms with Gasteiger partial charge in [0, 0.05) is 38.3 Å². The van der Waals surface area contributed by atoms with Crippen molar-refractivity contribution in [3.8, 4) is 0 Å². The summed E-state index contributed by atoms with van der Waals surface area (Å²) in [5.41, 5.74) is 1.88. The Hall–Kier alpha value is 3.14. The van der Waals surface area contributed by atoms with Gasteiger partial charge in [0.25, 0.3) is 0 Å². The van der Waals surface area contributed by atoms with Gasteiger partial charge < -0.3 is 38.6 Å². The number of aliphatic hydroxyl groups excluding tert-OH is 1. The summed E-state index contributed by atoms with van der Waals surface area (Å²) in [5, 5.41) is 12.3. The SMILES string of the molecule is COC(=O)[C@@H](CO)NC1CCN(C(=O)OCc2ccccc2)CC1.COC(=O)[C@H]1COC(=O)N1C1CCN(C(=O)OCc2ccccc2)CC1.II(I)I(I)I.I[I-]I(I)I. The first-order valence-corrected chi connectivity index (χ1v) is 74.5. The van der Waals surface area contributed by atoms with Gasteiger partial charge in [-0.3, -0.25) is 15.0 Å². The van der Waals surface area contributed by atoms with Crippen molar-refractivity contribution in [3.05, 3.63) is 71.8 Å². The van der Waals surface area contributed by atoms with E-state index in [1.165, 1.54) is 19.1 Å². The van der Waals surface area contributed by atoms with E-state index < -0.39 is 30.1 Å². The molecule has 0 saturated carbocycles. The number of nitrogens with zero attached hydrogens (tertiary/aromatic N) is 3. The third kappa shape index (κ3) is 24.5. The summed E-state index contributed by atoms with van der Waals surface area (Å²) in [6.45, 7) is 2.17. The van der Waals surface area contributed by atoms with Crippen LogP contribution in [0, 0.1) is 0 Å². The van der Waals surface area contributed by atoms with E-state index in [0.717, 1.165) is 11.1 Å². The van der Waals surface area contributed by atoms with Crippen LogP contribution in [-0.4, -0.2) is 128 Å². The third-order valence-corrected chi connectivity index (χ3v) is 257. The minimum absolute atomic E-state index is 0.00480. The number of cyclic esters (lactones) is 1. The number of hydrogen-bond acceptors (Lipinski definition) is 12. The molecule has 0 radical (unpaired) electrons. The summed E-state index contributed by atoms with van der Waals surface area (Å²) in [4.78, 5) is 64.3. The summed E-state index contributed by atoms with van der Waals surface area (Å²) < 4.78 is 25.0. The number of hydrogen-bond donors (Lipinski definition) is 2. The van der Waals surface area contributed by atoms with Crippen molar-refractivity contribution in [1.29, 1.82) is 0 Å². The van der Waals surface area contributed by atoms with Crippen molar-refractivity contribution < 1.29 is 66.0 Å². The Morgan fingerprint density at radius 1 is 0.787 bits per heavy atom. The molecule has 2 atom stereocenters. The second-order valence-corrected chi connectivity index (χ2v) is 175. The van der Waals surface area contributed by atoms with Gasteiger partial charge in [0.05, 0.1) is 20.8 Å². The van der Waals surface area contributed by atoms with E-state index in [0.29, 0.717) is 65.1 Å². The quantitative estimate of drug-likeness (QED) is 0.118. The van der Waals surface area contributed by atoms with Crippen molar-refractivity contribution in [1.82, 2.24) is 20.0 Å². The molecule has 2 aromatic rings. The van der Waals surface area contributed by atoms with E-state index in [4.69, 9.17) is 18.9 Å². The molecule has 0 aromatic heterocycles. The predicted octanol–water partition coefficient (Wildman–Crippen LogP) is 8.55. The van der Waals surface area contributed by atoms with E-state index in [9.17, 15) is 29.1 Å². The van der Waals surface area contributed by atoms with Gasteiger partial charge in [-0.1, -0.05) is 60.7 Å². The fourth-order valence-electron chi connectivity index (χ4n) is 5.95. The summed E-state index contributed by atoms with van der Waals surface area (Å²) in [6.07, 6.45) is 1.28. The molecule has 3 amide bonds. The van der Waals surface area contributed by atoms with E-state index >= 15 is 0 Å². The number of likely N-dealkylation sites (tertiary alicyclic amines) is 2. The zero-order valence-corrected chi connectivity index (χ0v) is 56.3. The summed E-state index contributed by atoms with van der Waals surface area (Å²) in [5.74, 6) is -0.970. The first kappa shape index (κ1) is 60.3. The number of aliphatic hydroxyl groups is 1. The second-order valence-electron chi connectivity index (χ2n) is 12.5. The fraction of sp³-hybridized carbons (Fsp3) is 0.514. The number of carbonyl (C=O) groups excluding carboxylic acids is 5. The number of carbonyl (C=O) groups is 5. The molecular formula is C35H46I11N4O11-. The third-order valence-electron chi connectivity index (χ3n) is 8.89. The molecule has 3 fully saturated rings. The molecule has 2 aromatic carbocycles. The number of nitrogens with one attached hydrogen (secondary N) is 1. The molecule has 3 heterocycles. The van der Waals surface area contributed by atoms with Crippen LogP contribution in [0.1, 0.15) is 36.8 Å². The Kier molecular flexibility index (Phi) is 34.8. The average molecular weight is 2090 g/mol. The number of ether oxygens (including phenoxy) is 5. The van der Waals surface area contributed by atoms with Crippen molar-refractivity contribution in [3.63, 3.8) is 0 Å². The summed E-state index contributed by atoms with van der Waals surface area (Å²) >= 11 is 18.9. The number of methoxy groups -OCH3 is 2. The van der Waals surface area contributed by atoms with Gasteiger partial charge >= 0.3 is 197 Å². The first-order valence-electron chi connectivity index (χ1n) is 17.9. The summed E-state index contributed by atoms with van der Waals surface area (Å²) in [7, 11) is 1.70. The normalized spacial score (nSPS) is 17.7. The van der Waals surface area contributed by atoms with Gasteiger partial charge in [0.1, 0.15) is 25.9 Å². The Morgan fingerprint density at radius 2 is 1.23 bits per heavy atom. The Bertz CT molecular complexity index is 1590. The fourth-order valence-corrected chi connectivity index (χ4v) is 5.95. The van der Waals surface area contributed by atoms with Crippen LogP contribution in [0.5, 0.6) is 0 Å². The number of halogens is 11. The molecule has 0 spiro atoms. The molecule has 3 aliphatic rings. The molecule has 61 heavy (non-hydrogen) atoms. The zero-order valence-electron chi connectivity index (χ0n) is 32.6. The number of piperidine rings is 2. The van der Waals surface area contributed by atoms with Gasteiger partial charge in [-0.2, -0.15) is 0 Å². The van der Waals surface area contributed by atoms with Crippen LogP contribution in [0.4, 0.5) is 14.4 Å². The number of esters is 2. The maximum absolute atomic E-state index is 12.2. The van der Waals surface area contributed by atoms with Crippen LogP contribution in [-0.2, 0) is 46.5 Å². The van der Waals surface area contributed by atoms with Crippen molar-refractivity contribution in [2.75, 3.05) is 53.6 Å². The van der Waals surface area contributed by atoms with Gasteiger partial charge in [-0.15, -0.1) is 0 Å². The maximum atomic E-state index is 12.2. The van der Waals surface area contributed by atoms with E-state index in [-0.39, 0.29) is 74.4 Å². The Morgan fingerprint density at radius 3 is 1.61 bits per heavy atom. The van der Waals surface area contributed by atoms with Crippen molar-refractivity contribution >= 4 is 184 Å². The standard InChI is InChI=1S/C18H22N2O6.C17H24N2O5.I6.I5/c1-24-16(21)15-12-26-18(23)20(15)14-7-9-19(10-8-14)17(22)25-11-13-5-3-2-4-6-13;1-23-16(21)15(11-20)18-14-7-9-19(10-8-14)17(22)24-12-13-5-3-2-4-6-13;1-5(2)6(3)4;1-4-5(2)3/h2-6,14-15H,7-12H2,1H3;2-6,14-15,18,20H,7-12H2,1H3;;/q;;;-1/t2*15-;;/m11../s1. The zero-order chi connectivity index (χ0) is 45.3. The molecule has 15 nitrogen and oxygen atoms in total. The summed E-state index contributed by atoms with van der Waals surface area (Å²) in [6, 6.07) is 17.5. The van der Waals surface area contributed by atoms with Crippen LogP contribution >= 0.6 is 154 Å². The van der Waals surface area contributed by atoms with E-state index in [1.54, 1.807) is 9.80 Å². The average Bonchev–Trinajstić information content (AvgIpc) is 3.68. The second kappa shape index (κ2) is 35.3. The molecule has 3 aliphatic heterocycles. The van der Waals surface area contributed by atoms with Gasteiger partial charge in [0.15, 0.2) is 6.04 Å². The van der Waals surface area contributed by atoms with Gasteiger partial charge in [0.2, 0.25) is 0 Å². The van der Waals surface area contributed by atoms with E-state index in [1.807, 2.05) is 60.7 Å². The minimum atomic E-state index is -0.725. The Balaban J connectivity index is 0.000000339. The van der Waals surface area contributed by atoms with Crippen molar-refractivity contribution in [2.24, 2.45) is 0 Å². The molecule has 5 rings (SSSR count). The molecular weight excluding hydrogens is 2050 g/mol. The number of rotatable bonds is 12. The molecule has 350 valence electrons. The molecule has 0 aliphatic carbocycles. The number of amides is 3. The first-order chi connectivity index (χ1) is 29.1. The predicted molar refractivity (Wildman–Crippen MR) is 318 cm³/mol. The molecule has 2 N–H and O–H groups in total. The molecule has 0 bridgehead atoms. The van der Waals surface area contributed by atoms with Crippen molar-refractivity contribution in [2.45, 2.75) is 63.1 Å². The van der Waals surface area contributed by atoms with Crippen LogP contribution in [0.3, 0.4) is 0 Å². The molecule has 3 saturated heterocycles. The Labute approximate surface area is 449 Å². The molecule has 26 heteroatoms. The molecule has 0 unspecified atom stereocenters. The van der Waals surface area contributed by atoms with Gasteiger partial charge in [-0.25, -0.2) is 19.2 Å². The van der Waals surface area contributed by atoms with Crippen LogP contribution in [0.2, 0.25) is 0 Å². The van der Waals surface area contributed by atoms with Crippen LogP contribution in [0.25, 0.3) is 0 Å². The van der Waals surface area contributed by atoms with E-state index in [2.05, 4.69) is 140 Å².